The second-order valence-electron chi connectivity index (χ2n) is 7.45. The van der Waals surface area contributed by atoms with E-state index >= 15 is 0 Å². The molecule has 0 fully saturated rings. The predicted octanol–water partition coefficient (Wildman–Crippen LogP) is 2.98. The van der Waals surface area contributed by atoms with Crippen LogP contribution in [-0.2, 0) is 25.9 Å². The molecule has 1 aromatic carbocycles. The van der Waals surface area contributed by atoms with Gasteiger partial charge in [-0.25, -0.2) is 4.98 Å². The third-order valence-electron chi connectivity index (χ3n) is 5.13. The van der Waals surface area contributed by atoms with E-state index in [0.717, 1.165) is 52.4 Å². The highest BCUT2D eigenvalue weighted by Crippen LogP contribution is 2.35. The molecule has 2 heterocycles. The Hall–Kier alpha value is -1.69. The van der Waals surface area contributed by atoms with Gasteiger partial charge >= 0.3 is 0 Å². The number of halogens is 1. The van der Waals surface area contributed by atoms with Gasteiger partial charge < -0.3 is 9.88 Å². The van der Waals surface area contributed by atoms with Gasteiger partial charge in [0.05, 0.1) is 12.4 Å². The van der Waals surface area contributed by atoms with Gasteiger partial charge in [0, 0.05) is 15.5 Å². The van der Waals surface area contributed by atoms with Crippen molar-refractivity contribution < 1.29 is 4.90 Å². The quantitative estimate of drug-likeness (QED) is 0.721. The molecule has 0 amide bonds. The first-order valence-electron chi connectivity index (χ1n) is 9.09. The number of benzene rings is 1. The summed E-state index contributed by atoms with van der Waals surface area (Å²) in [7, 11) is 2.09. The van der Waals surface area contributed by atoms with E-state index in [9.17, 15) is 4.79 Å². The summed E-state index contributed by atoms with van der Waals surface area (Å²) in [5.74, 6) is 1.44. The van der Waals surface area contributed by atoms with Crippen LogP contribution in [0, 0.1) is 5.92 Å². The Labute approximate surface area is 161 Å². The Kier molecular flexibility index (Phi) is 4.86. The van der Waals surface area contributed by atoms with Gasteiger partial charge in [0.15, 0.2) is 5.82 Å². The van der Waals surface area contributed by atoms with Gasteiger partial charge in [-0.15, -0.1) is 11.3 Å². The third kappa shape index (κ3) is 3.43. The van der Waals surface area contributed by atoms with E-state index < -0.39 is 0 Å². The molecule has 2 N–H and O–H groups in total. The maximum absolute atomic E-state index is 12.7. The Balaban J connectivity index is 1.59. The monoisotopic (exact) mass is 388 g/mol. The second kappa shape index (κ2) is 7.14. The molecular weight excluding hydrogens is 366 g/mol. The van der Waals surface area contributed by atoms with E-state index in [1.54, 1.807) is 11.3 Å². The lowest BCUT2D eigenvalue weighted by Gasteiger charge is -2.17. The van der Waals surface area contributed by atoms with Crippen LogP contribution in [0.15, 0.2) is 29.1 Å². The summed E-state index contributed by atoms with van der Waals surface area (Å²) in [6.07, 6.45) is 3.23. The average molecular weight is 389 g/mol. The van der Waals surface area contributed by atoms with Crippen LogP contribution in [0.5, 0.6) is 0 Å². The fraction of sp³-hybridized carbons (Fsp3) is 0.400. The van der Waals surface area contributed by atoms with Crippen molar-refractivity contribution in [1.82, 2.24) is 9.97 Å². The zero-order valence-corrected chi connectivity index (χ0v) is 16.6. The maximum atomic E-state index is 12.7. The zero-order chi connectivity index (χ0) is 18.3. The van der Waals surface area contributed by atoms with Gasteiger partial charge in [-0.1, -0.05) is 36.7 Å². The normalized spacial score (nSPS) is 18.0. The predicted molar refractivity (Wildman–Crippen MR) is 107 cm³/mol. The highest BCUT2D eigenvalue weighted by atomic mass is 35.5. The first kappa shape index (κ1) is 17.7. The Morgan fingerprint density at radius 2 is 2.15 bits per heavy atom. The van der Waals surface area contributed by atoms with E-state index in [2.05, 4.69) is 19.0 Å². The van der Waals surface area contributed by atoms with Crippen molar-refractivity contribution in [3.8, 4) is 0 Å². The molecule has 0 saturated heterocycles. The number of nitrogens with zero attached hydrogens (tertiary/aromatic N) is 1. The largest absolute Gasteiger partial charge is 0.327 e. The van der Waals surface area contributed by atoms with E-state index in [0.29, 0.717) is 12.5 Å². The number of hydrogen-bond acceptors (Lipinski definition) is 3. The number of aromatic amines is 1. The number of thiophene rings is 1. The van der Waals surface area contributed by atoms with Crippen molar-refractivity contribution in [3.63, 3.8) is 0 Å². The molecule has 136 valence electrons. The molecule has 0 saturated carbocycles. The number of quaternary nitrogens is 1. The van der Waals surface area contributed by atoms with Crippen molar-refractivity contribution in [2.45, 2.75) is 39.3 Å². The lowest BCUT2D eigenvalue weighted by atomic mass is 9.89. The summed E-state index contributed by atoms with van der Waals surface area (Å²) < 4.78 is 0. The molecule has 1 unspecified atom stereocenters. The minimum absolute atomic E-state index is 0.0163. The molecule has 0 spiro atoms. The van der Waals surface area contributed by atoms with Crippen molar-refractivity contribution in [3.05, 3.63) is 61.5 Å². The fourth-order valence-electron chi connectivity index (χ4n) is 3.79. The van der Waals surface area contributed by atoms with Gasteiger partial charge in [-0.2, -0.15) is 0 Å². The van der Waals surface area contributed by atoms with Crippen LogP contribution < -0.4 is 10.5 Å². The summed E-state index contributed by atoms with van der Waals surface area (Å²) in [5, 5.41) is 1.60. The van der Waals surface area contributed by atoms with Crippen LogP contribution in [0.2, 0.25) is 5.02 Å². The second-order valence-corrected chi connectivity index (χ2v) is 8.94. The van der Waals surface area contributed by atoms with E-state index in [1.807, 2.05) is 24.3 Å². The summed E-state index contributed by atoms with van der Waals surface area (Å²) >= 11 is 7.96. The molecule has 6 heteroatoms. The molecule has 26 heavy (non-hydrogen) atoms. The molecule has 0 bridgehead atoms. The summed E-state index contributed by atoms with van der Waals surface area (Å²) in [5.41, 5.74) is 2.36. The first-order valence-corrected chi connectivity index (χ1v) is 10.3. The van der Waals surface area contributed by atoms with Crippen LogP contribution in [0.25, 0.3) is 10.2 Å². The summed E-state index contributed by atoms with van der Waals surface area (Å²) in [4.78, 5) is 24.0. The van der Waals surface area contributed by atoms with Crippen molar-refractivity contribution in [1.29, 1.82) is 0 Å². The molecule has 1 aliphatic rings. The molecule has 4 rings (SSSR count). The molecule has 0 radical (unpaired) electrons. The molecule has 2 aromatic heterocycles. The first-order chi connectivity index (χ1) is 12.5. The van der Waals surface area contributed by atoms with E-state index in [1.165, 1.54) is 15.3 Å². The number of aryl methyl sites for hydroxylation is 1. The minimum atomic E-state index is 0.0163. The van der Waals surface area contributed by atoms with Crippen LogP contribution in [0.4, 0.5) is 0 Å². The number of nitrogens with one attached hydrogen (secondary N) is 2. The number of hydrogen-bond donors (Lipinski definition) is 2. The molecule has 2 atom stereocenters. The zero-order valence-electron chi connectivity index (χ0n) is 15.1. The Morgan fingerprint density at radius 1 is 1.35 bits per heavy atom. The van der Waals surface area contributed by atoms with Gasteiger partial charge in [0.1, 0.15) is 17.9 Å². The summed E-state index contributed by atoms with van der Waals surface area (Å²) in [6, 6.07) is 7.89. The lowest BCUT2D eigenvalue weighted by molar-refractivity contribution is -0.908. The Bertz CT molecular complexity index is 1010. The third-order valence-corrected chi connectivity index (χ3v) is 6.65. The number of aromatic nitrogens is 2. The molecule has 1 aliphatic carbocycles. The van der Waals surface area contributed by atoms with E-state index in [-0.39, 0.29) is 5.56 Å². The van der Waals surface area contributed by atoms with Crippen LogP contribution in [0.3, 0.4) is 0 Å². The lowest BCUT2D eigenvalue weighted by Crippen LogP contribution is -3.06. The van der Waals surface area contributed by atoms with Crippen molar-refractivity contribution in [2.75, 3.05) is 7.05 Å². The van der Waals surface area contributed by atoms with E-state index in [4.69, 9.17) is 16.6 Å². The molecule has 3 aromatic rings. The molecule has 0 aliphatic heterocycles. The smallest absolute Gasteiger partial charge is 0.260 e. The van der Waals surface area contributed by atoms with Crippen molar-refractivity contribution in [2.24, 2.45) is 5.92 Å². The minimum Gasteiger partial charge on any atom is -0.327 e. The van der Waals surface area contributed by atoms with Gasteiger partial charge in [0.2, 0.25) is 0 Å². The maximum Gasteiger partial charge on any atom is 0.260 e. The van der Waals surface area contributed by atoms with Gasteiger partial charge in [-0.3, -0.25) is 4.79 Å². The van der Waals surface area contributed by atoms with Gasteiger partial charge in [0.25, 0.3) is 5.56 Å². The highest BCUT2D eigenvalue weighted by Gasteiger charge is 2.23. The van der Waals surface area contributed by atoms with Crippen LogP contribution in [-0.4, -0.2) is 17.0 Å². The van der Waals surface area contributed by atoms with Crippen molar-refractivity contribution >= 4 is 33.2 Å². The number of fused-ring (bicyclic) bond motifs is 3. The number of H-pyrrole nitrogens is 1. The topological polar surface area (TPSA) is 50.2 Å². The SMILES string of the molecule is C[C@H]1CCc2c(sc3nc(C[NH+](C)Cc4ccccc4Cl)[nH]c(=O)c23)C1. The standard InChI is InChI=1S/C20H22ClN3OS/c1-12-7-8-14-16(9-12)26-20-18(14)19(25)22-17(23-20)11-24(2)10-13-5-3-4-6-15(13)21/h3-6,12H,7-11H2,1-2H3,(H,22,23,25)/p+1/t12-/m0/s1. The van der Waals surface area contributed by atoms with Crippen LogP contribution >= 0.6 is 22.9 Å². The van der Waals surface area contributed by atoms with Crippen LogP contribution in [0.1, 0.15) is 35.2 Å². The summed E-state index contributed by atoms with van der Waals surface area (Å²) in [6.45, 7) is 3.73. The van der Waals surface area contributed by atoms with Gasteiger partial charge in [-0.05, 0) is 36.8 Å². The average Bonchev–Trinajstić information content (AvgIpc) is 2.94. The molecular formula is C20H23ClN3OS+. The Morgan fingerprint density at radius 3 is 2.96 bits per heavy atom. The highest BCUT2D eigenvalue weighted by molar-refractivity contribution is 7.18. The number of rotatable bonds is 4. The molecule has 4 nitrogen and oxygen atoms in total. The fourth-order valence-corrected chi connectivity index (χ4v) is 5.40.